The fraction of sp³-hybridized carbons (Fsp3) is 0.200. The first-order valence-electron chi connectivity index (χ1n) is 2.31. The van der Waals surface area contributed by atoms with Gasteiger partial charge in [-0.1, -0.05) is 6.08 Å². The summed E-state index contributed by atoms with van der Waals surface area (Å²) in [6.45, 7) is 0.114. The average Bonchev–Trinajstić information content (AvgIpc) is 1.90. The van der Waals surface area contributed by atoms with Crippen LogP contribution < -0.4 is 0 Å². The minimum Gasteiger partial charge on any atom is -0.480 e. The lowest BCUT2D eigenvalue weighted by Gasteiger charge is -2.04. The number of hydrogen-bond acceptors (Lipinski definition) is 2. The molecule has 44 valence electrons. The Morgan fingerprint density at radius 2 is 2.62 bits per heavy atom. The molecule has 8 heavy (non-hydrogen) atoms. The zero-order valence-electron chi connectivity index (χ0n) is 4.29. The van der Waals surface area contributed by atoms with Crippen LogP contribution in [-0.4, -0.2) is 11.7 Å². The van der Waals surface area contributed by atoms with Crippen molar-refractivity contribution in [2.75, 3.05) is 6.61 Å². The number of allylic oxidation sites excluding steroid dienone is 2. The third-order valence-electron chi connectivity index (χ3n) is 0.804. The Hall–Kier alpha value is -0.330. The highest BCUT2D eigenvalue weighted by Crippen LogP contribution is 2.27. The lowest BCUT2D eigenvalue weighted by Crippen LogP contribution is -1.84. The van der Waals surface area contributed by atoms with Crippen LogP contribution in [0.1, 0.15) is 0 Å². The van der Waals surface area contributed by atoms with Crippen LogP contribution >= 0.6 is 8.81 Å². The van der Waals surface area contributed by atoms with Crippen LogP contribution in [0.15, 0.2) is 23.7 Å². The summed E-state index contributed by atoms with van der Waals surface area (Å²) < 4.78 is 4.89. The van der Waals surface area contributed by atoms with Crippen molar-refractivity contribution in [1.82, 2.24) is 0 Å². The van der Waals surface area contributed by atoms with Crippen molar-refractivity contribution in [2.24, 2.45) is 0 Å². The highest BCUT2D eigenvalue weighted by atomic mass is 31.1. The normalized spacial score (nSPS) is 20.4. The van der Waals surface area contributed by atoms with Crippen molar-refractivity contribution in [3.05, 3.63) is 23.7 Å². The number of hydrogen-bond donors (Lipinski definition) is 1. The van der Waals surface area contributed by atoms with Gasteiger partial charge in [0.2, 0.25) is 0 Å². The molecule has 0 amide bonds. The van der Waals surface area contributed by atoms with Crippen LogP contribution in [0.4, 0.5) is 0 Å². The minimum absolute atomic E-state index is 0.114. The predicted molar refractivity (Wildman–Crippen MR) is 33.7 cm³/mol. The van der Waals surface area contributed by atoms with Gasteiger partial charge in [-0.05, 0) is 6.08 Å². The Morgan fingerprint density at radius 1 is 1.75 bits per heavy atom. The molecule has 1 unspecified atom stereocenters. The molecule has 0 saturated carbocycles. The molecule has 1 heterocycles. The predicted octanol–water partition coefficient (Wildman–Crippen LogP) is 1.000. The van der Waals surface area contributed by atoms with Crippen molar-refractivity contribution >= 4 is 8.81 Å². The summed E-state index contributed by atoms with van der Waals surface area (Å²) in [5, 5.41) is 9.47. The molecule has 0 saturated heterocycles. The highest BCUT2D eigenvalue weighted by molar-refractivity contribution is 7.37. The molecule has 0 aromatic rings. The van der Waals surface area contributed by atoms with Gasteiger partial charge in [0, 0.05) is 5.31 Å². The third-order valence-corrected chi connectivity index (χ3v) is 1.65. The van der Waals surface area contributed by atoms with E-state index in [4.69, 9.17) is 9.63 Å². The van der Waals surface area contributed by atoms with E-state index < -0.39 is 0 Å². The van der Waals surface area contributed by atoms with Gasteiger partial charge < -0.3 is 9.63 Å². The van der Waals surface area contributed by atoms with Crippen LogP contribution in [0, 0.1) is 0 Å². The maximum atomic E-state index is 8.52. The maximum Gasteiger partial charge on any atom is 0.102 e. The van der Waals surface area contributed by atoms with Gasteiger partial charge >= 0.3 is 0 Å². The van der Waals surface area contributed by atoms with Crippen molar-refractivity contribution < 1.29 is 9.63 Å². The Kier molecular flexibility index (Phi) is 2.07. The first-order valence-corrected chi connectivity index (χ1v) is 3.22. The van der Waals surface area contributed by atoms with E-state index in [0.717, 1.165) is 5.31 Å². The Morgan fingerprint density at radius 3 is 3.00 bits per heavy atom. The molecule has 2 nitrogen and oxygen atoms in total. The molecule has 1 rings (SSSR count). The minimum atomic E-state index is 0.114. The highest BCUT2D eigenvalue weighted by Gasteiger charge is 1.95. The largest absolute Gasteiger partial charge is 0.480 e. The summed E-state index contributed by atoms with van der Waals surface area (Å²) in [6.07, 6.45) is 5.27. The number of aliphatic hydroxyl groups excluding tert-OH is 1. The van der Waals surface area contributed by atoms with Gasteiger partial charge in [-0.25, -0.2) is 0 Å². The zero-order chi connectivity index (χ0) is 5.82. The molecule has 0 aromatic carbocycles. The lowest BCUT2D eigenvalue weighted by molar-refractivity contribution is 0.337. The van der Waals surface area contributed by atoms with E-state index in [0.29, 0.717) is 8.81 Å². The number of rotatable bonds is 1. The van der Waals surface area contributed by atoms with Crippen molar-refractivity contribution in [3.8, 4) is 0 Å². The second-order valence-corrected chi connectivity index (χ2v) is 2.48. The van der Waals surface area contributed by atoms with Gasteiger partial charge in [0.25, 0.3) is 0 Å². The summed E-state index contributed by atoms with van der Waals surface area (Å²) in [4.78, 5) is 0. The van der Waals surface area contributed by atoms with E-state index >= 15 is 0 Å². The standard InChI is InChI=1S/C5H7O2P/c6-4-5-2-1-3-7-8-5/h1-3,6,8H,4H2. The summed E-state index contributed by atoms with van der Waals surface area (Å²) in [5.41, 5.74) is 0. The van der Waals surface area contributed by atoms with Crippen LogP contribution in [0.25, 0.3) is 0 Å². The molecular weight excluding hydrogens is 123 g/mol. The van der Waals surface area contributed by atoms with E-state index in [1.54, 1.807) is 12.3 Å². The third kappa shape index (κ3) is 1.32. The molecule has 1 aliphatic rings. The van der Waals surface area contributed by atoms with Gasteiger partial charge in [0.1, 0.15) is 8.81 Å². The number of aliphatic hydroxyl groups is 1. The van der Waals surface area contributed by atoms with Crippen LogP contribution in [0.5, 0.6) is 0 Å². The van der Waals surface area contributed by atoms with Gasteiger partial charge in [0.05, 0.1) is 12.9 Å². The van der Waals surface area contributed by atoms with E-state index in [1.165, 1.54) is 0 Å². The Bertz CT molecular complexity index is 128. The second-order valence-electron chi connectivity index (χ2n) is 1.40. The molecule has 1 atom stereocenters. The maximum absolute atomic E-state index is 8.52. The van der Waals surface area contributed by atoms with Gasteiger partial charge in [0.15, 0.2) is 0 Å². The van der Waals surface area contributed by atoms with Gasteiger partial charge in [-0.2, -0.15) is 0 Å². The molecule has 0 radical (unpaired) electrons. The molecule has 0 spiro atoms. The fourth-order valence-corrected chi connectivity index (χ4v) is 0.950. The van der Waals surface area contributed by atoms with Crippen LogP contribution in [0.2, 0.25) is 0 Å². The van der Waals surface area contributed by atoms with E-state index in [1.807, 2.05) is 6.08 Å². The zero-order valence-corrected chi connectivity index (χ0v) is 5.29. The van der Waals surface area contributed by atoms with Crippen LogP contribution in [-0.2, 0) is 4.52 Å². The van der Waals surface area contributed by atoms with E-state index in [2.05, 4.69) is 0 Å². The molecule has 0 bridgehead atoms. The molecular formula is C5H7O2P. The topological polar surface area (TPSA) is 29.5 Å². The molecule has 0 fully saturated rings. The monoisotopic (exact) mass is 130 g/mol. The smallest absolute Gasteiger partial charge is 0.102 e. The average molecular weight is 130 g/mol. The van der Waals surface area contributed by atoms with Crippen molar-refractivity contribution in [2.45, 2.75) is 0 Å². The summed E-state index contributed by atoms with van der Waals surface area (Å²) >= 11 is 0. The van der Waals surface area contributed by atoms with E-state index in [9.17, 15) is 0 Å². The van der Waals surface area contributed by atoms with E-state index in [-0.39, 0.29) is 6.61 Å². The molecule has 0 aromatic heterocycles. The summed E-state index contributed by atoms with van der Waals surface area (Å²) in [5.74, 6) is 0. The van der Waals surface area contributed by atoms with Crippen molar-refractivity contribution in [3.63, 3.8) is 0 Å². The second kappa shape index (κ2) is 2.85. The molecule has 1 N–H and O–H groups in total. The lowest BCUT2D eigenvalue weighted by atomic mass is 10.5. The molecule has 0 aliphatic carbocycles. The van der Waals surface area contributed by atoms with Crippen molar-refractivity contribution in [1.29, 1.82) is 0 Å². The SMILES string of the molecule is OCC1=CC=COP1. The fourth-order valence-electron chi connectivity index (χ4n) is 0.423. The summed E-state index contributed by atoms with van der Waals surface area (Å²) in [7, 11) is 0.317. The first kappa shape index (κ1) is 5.80. The quantitative estimate of drug-likeness (QED) is 0.536. The Balaban J connectivity index is 2.50. The molecule has 3 heteroatoms. The first-order chi connectivity index (χ1) is 3.93. The Labute approximate surface area is 49.7 Å². The summed E-state index contributed by atoms with van der Waals surface area (Å²) in [6, 6.07) is 0. The van der Waals surface area contributed by atoms with Gasteiger partial charge in [-0.3, -0.25) is 0 Å². The van der Waals surface area contributed by atoms with Gasteiger partial charge in [-0.15, -0.1) is 0 Å². The van der Waals surface area contributed by atoms with Crippen LogP contribution in [0.3, 0.4) is 0 Å². The molecule has 1 aliphatic heterocycles.